The van der Waals surface area contributed by atoms with Crippen molar-refractivity contribution in [3.05, 3.63) is 64.7 Å². The molecule has 2 aromatic rings. The van der Waals surface area contributed by atoms with Gasteiger partial charge in [-0.15, -0.1) is 0 Å². The summed E-state index contributed by atoms with van der Waals surface area (Å²) in [6.07, 6.45) is -0.364. The van der Waals surface area contributed by atoms with Gasteiger partial charge in [-0.05, 0) is 36.2 Å². The van der Waals surface area contributed by atoms with E-state index in [0.29, 0.717) is 37.7 Å². The number of halogens is 1. The summed E-state index contributed by atoms with van der Waals surface area (Å²) in [6.45, 7) is 3.87. The lowest BCUT2D eigenvalue weighted by Crippen LogP contribution is -2.61. The van der Waals surface area contributed by atoms with Gasteiger partial charge in [0, 0.05) is 23.7 Å². The summed E-state index contributed by atoms with van der Waals surface area (Å²) in [7, 11) is -3.89. The van der Waals surface area contributed by atoms with E-state index < -0.39 is 22.2 Å². The van der Waals surface area contributed by atoms with Gasteiger partial charge in [-0.3, -0.25) is 9.69 Å². The third-order valence-electron chi connectivity index (χ3n) is 5.52. The second-order valence-corrected chi connectivity index (χ2v) is 9.44. The van der Waals surface area contributed by atoms with E-state index in [1.165, 1.54) is 10.4 Å². The third-order valence-corrected chi connectivity index (χ3v) is 7.70. The molecule has 0 bridgehead atoms. The number of Topliss-reactive ketones (excluding diaryl/α,β-unsaturated/α-hetero) is 1. The van der Waals surface area contributed by atoms with Crippen LogP contribution in [-0.4, -0.2) is 55.9 Å². The highest BCUT2D eigenvalue weighted by Gasteiger charge is 2.49. The normalized spacial score (nSPS) is 23.5. The van der Waals surface area contributed by atoms with Crippen molar-refractivity contribution in [1.29, 1.82) is 0 Å². The van der Waals surface area contributed by atoms with Crippen molar-refractivity contribution in [1.82, 2.24) is 9.21 Å². The summed E-state index contributed by atoms with van der Waals surface area (Å²) in [5.74, 6) is -0.190. The SMILES string of the molecule is CCC(c1ccc(Cl)cc1)N1C(N2CCOCC2)C(=O)c2ccccc2S1(=O)=O. The van der Waals surface area contributed by atoms with Gasteiger partial charge in [0.1, 0.15) is 6.17 Å². The second-order valence-electron chi connectivity index (χ2n) is 7.19. The number of ether oxygens (including phenoxy) is 1. The van der Waals surface area contributed by atoms with Crippen LogP contribution in [0.2, 0.25) is 5.02 Å². The lowest BCUT2D eigenvalue weighted by atomic mass is 10.0. The van der Waals surface area contributed by atoms with Crippen molar-refractivity contribution < 1.29 is 17.9 Å². The number of nitrogens with zero attached hydrogens (tertiary/aromatic N) is 2. The van der Waals surface area contributed by atoms with Crippen molar-refractivity contribution in [3.8, 4) is 0 Å². The van der Waals surface area contributed by atoms with Crippen LogP contribution in [0.4, 0.5) is 0 Å². The molecule has 0 aromatic heterocycles. The molecule has 0 N–H and O–H groups in total. The van der Waals surface area contributed by atoms with E-state index in [-0.39, 0.29) is 16.2 Å². The Balaban J connectivity index is 1.88. The maximum Gasteiger partial charge on any atom is 0.246 e. The molecule has 0 spiro atoms. The number of benzene rings is 2. The quantitative estimate of drug-likeness (QED) is 0.738. The molecule has 29 heavy (non-hydrogen) atoms. The van der Waals surface area contributed by atoms with Gasteiger partial charge < -0.3 is 4.74 Å². The number of hydrogen-bond donors (Lipinski definition) is 0. The van der Waals surface area contributed by atoms with Gasteiger partial charge in [-0.2, -0.15) is 4.31 Å². The van der Waals surface area contributed by atoms with Gasteiger partial charge in [0.2, 0.25) is 10.0 Å². The highest BCUT2D eigenvalue weighted by Crippen LogP contribution is 2.39. The zero-order valence-corrected chi connectivity index (χ0v) is 17.7. The minimum absolute atomic E-state index is 0.0712. The van der Waals surface area contributed by atoms with E-state index >= 15 is 0 Å². The first kappa shape index (κ1) is 20.5. The molecule has 2 unspecified atom stereocenters. The van der Waals surface area contributed by atoms with Gasteiger partial charge in [-0.25, -0.2) is 8.42 Å². The maximum absolute atomic E-state index is 13.7. The Labute approximate surface area is 176 Å². The molecule has 0 saturated carbocycles. The number of carbonyl (C=O) groups is 1. The molecule has 8 heteroatoms. The molecule has 1 fully saturated rings. The molecule has 2 heterocycles. The van der Waals surface area contributed by atoms with Crippen molar-refractivity contribution in [2.24, 2.45) is 0 Å². The number of morpholine rings is 1. The Morgan fingerprint density at radius 2 is 1.76 bits per heavy atom. The second kappa shape index (κ2) is 8.16. The van der Waals surface area contributed by atoms with Crippen LogP contribution in [-0.2, 0) is 14.8 Å². The van der Waals surface area contributed by atoms with Gasteiger partial charge in [0.15, 0.2) is 5.78 Å². The fraction of sp³-hybridized carbons (Fsp3) is 0.381. The Morgan fingerprint density at radius 1 is 1.10 bits per heavy atom. The molecule has 2 atom stereocenters. The largest absolute Gasteiger partial charge is 0.379 e. The molecule has 0 aliphatic carbocycles. The fourth-order valence-electron chi connectivity index (χ4n) is 4.13. The topological polar surface area (TPSA) is 66.9 Å². The molecule has 4 rings (SSSR count). The summed E-state index contributed by atoms with van der Waals surface area (Å²) < 4.78 is 34.3. The predicted octanol–water partition coefficient (Wildman–Crippen LogP) is 3.34. The van der Waals surface area contributed by atoms with E-state index in [9.17, 15) is 13.2 Å². The molecule has 2 aliphatic rings. The Kier molecular flexibility index (Phi) is 5.77. The lowest BCUT2D eigenvalue weighted by molar-refractivity contribution is -0.0139. The van der Waals surface area contributed by atoms with E-state index in [4.69, 9.17) is 16.3 Å². The van der Waals surface area contributed by atoms with Crippen molar-refractivity contribution in [2.75, 3.05) is 26.3 Å². The number of fused-ring (bicyclic) bond motifs is 1. The van der Waals surface area contributed by atoms with E-state index in [0.717, 1.165) is 5.56 Å². The zero-order valence-electron chi connectivity index (χ0n) is 16.1. The molecule has 2 aromatic carbocycles. The van der Waals surface area contributed by atoms with Gasteiger partial charge >= 0.3 is 0 Å². The summed E-state index contributed by atoms with van der Waals surface area (Å²) in [6, 6.07) is 13.1. The summed E-state index contributed by atoms with van der Waals surface area (Å²) in [4.78, 5) is 15.5. The van der Waals surface area contributed by atoms with Crippen LogP contribution in [0.15, 0.2) is 53.4 Å². The third kappa shape index (κ3) is 3.62. The minimum atomic E-state index is -3.89. The molecule has 154 valence electrons. The number of carbonyl (C=O) groups excluding carboxylic acids is 1. The highest BCUT2D eigenvalue weighted by atomic mass is 35.5. The summed E-state index contributed by atoms with van der Waals surface area (Å²) >= 11 is 6.03. The average molecular weight is 435 g/mol. The van der Waals surface area contributed by atoms with Crippen LogP contribution in [0, 0.1) is 0 Å². The predicted molar refractivity (Wildman–Crippen MR) is 110 cm³/mol. The Hall–Kier alpha value is -1.77. The van der Waals surface area contributed by atoms with Crippen molar-refractivity contribution in [2.45, 2.75) is 30.4 Å². The number of sulfonamides is 1. The van der Waals surface area contributed by atoms with Crippen LogP contribution in [0.5, 0.6) is 0 Å². The number of ketones is 1. The standard InChI is InChI=1S/C21H23ClN2O4S/c1-2-18(15-7-9-16(22)10-8-15)24-21(23-11-13-28-14-12-23)20(25)17-5-3-4-6-19(17)29(24,26)27/h3-10,18,21H,2,11-14H2,1H3. The lowest BCUT2D eigenvalue weighted by Gasteiger charge is -2.45. The van der Waals surface area contributed by atoms with E-state index in [1.54, 1.807) is 30.3 Å². The van der Waals surface area contributed by atoms with Gasteiger partial charge in [0.05, 0.1) is 24.2 Å². The highest BCUT2D eigenvalue weighted by molar-refractivity contribution is 7.89. The molecule has 1 saturated heterocycles. The first-order chi connectivity index (χ1) is 13.9. The summed E-state index contributed by atoms with van der Waals surface area (Å²) in [5, 5.41) is 0.580. The minimum Gasteiger partial charge on any atom is -0.379 e. The average Bonchev–Trinajstić information content (AvgIpc) is 2.74. The fourth-order valence-corrected chi connectivity index (χ4v) is 6.28. The first-order valence-corrected chi connectivity index (χ1v) is 11.5. The monoisotopic (exact) mass is 434 g/mol. The van der Waals surface area contributed by atoms with Gasteiger partial charge in [-0.1, -0.05) is 42.8 Å². The van der Waals surface area contributed by atoms with Crippen LogP contribution in [0.1, 0.15) is 35.3 Å². The van der Waals surface area contributed by atoms with Gasteiger partial charge in [0.25, 0.3) is 0 Å². The number of hydrogen-bond acceptors (Lipinski definition) is 5. The Bertz CT molecular complexity index is 1000. The van der Waals surface area contributed by atoms with Crippen molar-refractivity contribution >= 4 is 27.4 Å². The molecule has 2 aliphatic heterocycles. The smallest absolute Gasteiger partial charge is 0.246 e. The Morgan fingerprint density at radius 3 is 2.41 bits per heavy atom. The number of rotatable bonds is 4. The molecule has 0 radical (unpaired) electrons. The molecular formula is C21H23ClN2O4S. The molecular weight excluding hydrogens is 412 g/mol. The molecule has 0 amide bonds. The first-order valence-electron chi connectivity index (χ1n) is 9.69. The van der Waals surface area contributed by atoms with Crippen LogP contribution in [0.25, 0.3) is 0 Å². The summed E-state index contributed by atoms with van der Waals surface area (Å²) in [5.41, 5.74) is 1.07. The van der Waals surface area contributed by atoms with Crippen LogP contribution < -0.4 is 0 Å². The maximum atomic E-state index is 13.7. The van der Waals surface area contributed by atoms with Crippen LogP contribution in [0.3, 0.4) is 0 Å². The van der Waals surface area contributed by atoms with E-state index in [1.807, 2.05) is 24.0 Å². The van der Waals surface area contributed by atoms with Crippen molar-refractivity contribution in [3.63, 3.8) is 0 Å². The van der Waals surface area contributed by atoms with Crippen LogP contribution >= 0.6 is 11.6 Å². The zero-order chi connectivity index (χ0) is 20.6. The molecule has 6 nitrogen and oxygen atoms in total. The van der Waals surface area contributed by atoms with E-state index in [2.05, 4.69) is 0 Å².